The van der Waals surface area contributed by atoms with Gasteiger partial charge in [0.2, 0.25) is 5.91 Å². The standard InChI is InChI=1S/C16H14N2O3/c19-15(9-11-5-3-4-8-17-11)18-10-13(16(20)21)12-6-1-2-7-14(12)18/h1-8,13H,9-10H2,(H,20,21). The van der Waals surface area contributed by atoms with Crippen molar-refractivity contribution in [1.29, 1.82) is 0 Å². The van der Waals surface area contributed by atoms with Crippen molar-refractivity contribution >= 4 is 17.6 Å². The van der Waals surface area contributed by atoms with Gasteiger partial charge in [-0.15, -0.1) is 0 Å². The van der Waals surface area contributed by atoms with Crippen LogP contribution in [0.15, 0.2) is 48.7 Å². The number of hydrogen-bond donors (Lipinski definition) is 1. The first kappa shape index (κ1) is 13.3. The molecule has 3 rings (SSSR count). The summed E-state index contributed by atoms with van der Waals surface area (Å²) in [6.45, 7) is 0.181. The molecular formula is C16H14N2O3. The number of aromatic nitrogens is 1. The number of aliphatic carboxylic acids is 1. The molecule has 0 saturated carbocycles. The van der Waals surface area contributed by atoms with Crippen LogP contribution in [-0.4, -0.2) is 28.5 Å². The summed E-state index contributed by atoms with van der Waals surface area (Å²) in [6.07, 6.45) is 1.81. The number of carbonyl (C=O) groups is 2. The van der Waals surface area contributed by atoms with Crippen molar-refractivity contribution in [1.82, 2.24) is 4.98 Å². The maximum Gasteiger partial charge on any atom is 0.312 e. The van der Waals surface area contributed by atoms with Crippen LogP contribution in [-0.2, 0) is 16.0 Å². The molecule has 1 atom stereocenters. The summed E-state index contributed by atoms with van der Waals surface area (Å²) in [5.41, 5.74) is 2.06. The number of pyridine rings is 1. The number of anilines is 1. The van der Waals surface area contributed by atoms with E-state index >= 15 is 0 Å². The van der Waals surface area contributed by atoms with E-state index in [9.17, 15) is 14.7 Å². The average molecular weight is 282 g/mol. The molecule has 2 aromatic rings. The van der Waals surface area contributed by atoms with E-state index in [2.05, 4.69) is 4.98 Å². The maximum atomic E-state index is 12.4. The Hall–Kier alpha value is -2.69. The quantitative estimate of drug-likeness (QED) is 0.932. The molecule has 0 bridgehead atoms. The summed E-state index contributed by atoms with van der Waals surface area (Å²) in [5, 5.41) is 9.30. The monoisotopic (exact) mass is 282 g/mol. The lowest BCUT2D eigenvalue weighted by molar-refractivity contribution is -0.138. The molecule has 1 N–H and O–H groups in total. The van der Waals surface area contributed by atoms with Gasteiger partial charge in [0.05, 0.1) is 6.42 Å². The highest BCUT2D eigenvalue weighted by Gasteiger charge is 2.36. The number of carboxylic acid groups (broad SMARTS) is 1. The molecule has 21 heavy (non-hydrogen) atoms. The molecule has 5 nitrogen and oxygen atoms in total. The van der Waals surface area contributed by atoms with Crippen molar-refractivity contribution in [3.63, 3.8) is 0 Å². The molecule has 1 unspecified atom stereocenters. The van der Waals surface area contributed by atoms with E-state index in [0.29, 0.717) is 16.9 Å². The first-order valence-electron chi connectivity index (χ1n) is 6.69. The Labute approximate surface area is 121 Å². The molecule has 1 amide bonds. The van der Waals surface area contributed by atoms with Crippen LogP contribution >= 0.6 is 0 Å². The van der Waals surface area contributed by atoms with Gasteiger partial charge in [0.15, 0.2) is 0 Å². The Bertz CT molecular complexity index is 685. The molecule has 0 radical (unpaired) electrons. The lowest BCUT2D eigenvalue weighted by atomic mass is 10.0. The fourth-order valence-corrected chi connectivity index (χ4v) is 2.61. The van der Waals surface area contributed by atoms with E-state index in [4.69, 9.17) is 0 Å². The van der Waals surface area contributed by atoms with E-state index in [1.165, 1.54) is 0 Å². The van der Waals surface area contributed by atoms with Gasteiger partial charge in [0.25, 0.3) is 0 Å². The lowest BCUT2D eigenvalue weighted by Gasteiger charge is -2.17. The maximum absolute atomic E-state index is 12.4. The van der Waals surface area contributed by atoms with Crippen molar-refractivity contribution in [3.8, 4) is 0 Å². The van der Waals surface area contributed by atoms with Crippen molar-refractivity contribution in [2.24, 2.45) is 0 Å². The molecule has 0 saturated heterocycles. The second-order valence-corrected chi connectivity index (χ2v) is 4.95. The summed E-state index contributed by atoms with van der Waals surface area (Å²) < 4.78 is 0. The summed E-state index contributed by atoms with van der Waals surface area (Å²) in [6, 6.07) is 12.6. The largest absolute Gasteiger partial charge is 0.481 e. The topological polar surface area (TPSA) is 70.5 Å². The van der Waals surface area contributed by atoms with Crippen molar-refractivity contribution in [2.75, 3.05) is 11.4 Å². The molecule has 0 spiro atoms. The van der Waals surface area contributed by atoms with Crippen LogP contribution in [0.5, 0.6) is 0 Å². The fourth-order valence-electron chi connectivity index (χ4n) is 2.61. The molecule has 5 heteroatoms. The smallest absolute Gasteiger partial charge is 0.312 e. The number of nitrogens with zero attached hydrogens (tertiary/aromatic N) is 2. The zero-order chi connectivity index (χ0) is 14.8. The van der Waals surface area contributed by atoms with Crippen molar-refractivity contribution < 1.29 is 14.7 Å². The molecule has 0 aliphatic carbocycles. The summed E-state index contributed by atoms with van der Waals surface area (Å²) in [4.78, 5) is 29.5. The van der Waals surface area contributed by atoms with Gasteiger partial charge in [0, 0.05) is 24.1 Å². The SMILES string of the molecule is O=C(O)C1CN(C(=O)Cc2ccccn2)c2ccccc21. The third-order valence-electron chi connectivity index (χ3n) is 3.63. The molecule has 1 aliphatic heterocycles. The van der Waals surface area contributed by atoms with Crippen molar-refractivity contribution in [3.05, 3.63) is 59.9 Å². The highest BCUT2D eigenvalue weighted by atomic mass is 16.4. The van der Waals surface area contributed by atoms with Gasteiger partial charge in [-0.2, -0.15) is 0 Å². The van der Waals surface area contributed by atoms with Gasteiger partial charge >= 0.3 is 5.97 Å². The minimum Gasteiger partial charge on any atom is -0.481 e. The number of carbonyl (C=O) groups excluding carboxylic acids is 1. The normalized spacial score (nSPS) is 16.6. The third kappa shape index (κ3) is 2.50. The number of para-hydroxylation sites is 1. The van der Waals surface area contributed by atoms with Gasteiger partial charge in [0.1, 0.15) is 5.92 Å². The number of amides is 1. The second-order valence-electron chi connectivity index (χ2n) is 4.95. The third-order valence-corrected chi connectivity index (χ3v) is 3.63. The Balaban J connectivity index is 1.86. The molecule has 1 aromatic heterocycles. The Morgan fingerprint density at radius 3 is 2.67 bits per heavy atom. The number of carboxylic acids is 1. The van der Waals surface area contributed by atoms with Crippen LogP contribution in [0.4, 0.5) is 5.69 Å². The predicted molar refractivity (Wildman–Crippen MR) is 77.1 cm³/mol. The molecular weight excluding hydrogens is 268 g/mol. The second kappa shape index (κ2) is 5.36. The first-order valence-corrected chi connectivity index (χ1v) is 6.69. The van der Waals surface area contributed by atoms with Crippen LogP contribution in [0.2, 0.25) is 0 Å². The van der Waals surface area contributed by atoms with E-state index in [-0.39, 0.29) is 18.9 Å². The van der Waals surface area contributed by atoms with Gasteiger partial charge in [-0.25, -0.2) is 0 Å². The van der Waals surface area contributed by atoms with Crippen LogP contribution in [0, 0.1) is 0 Å². The summed E-state index contributed by atoms with van der Waals surface area (Å²) in [7, 11) is 0. The fraction of sp³-hybridized carbons (Fsp3) is 0.188. The van der Waals surface area contributed by atoms with Gasteiger partial charge in [-0.3, -0.25) is 14.6 Å². The van der Waals surface area contributed by atoms with Crippen LogP contribution < -0.4 is 4.90 Å². The number of hydrogen-bond acceptors (Lipinski definition) is 3. The van der Waals surface area contributed by atoms with Gasteiger partial charge in [-0.05, 0) is 23.8 Å². The average Bonchev–Trinajstić information content (AvgIpc) is 2.88. The number of fused-ring (bicyclic) bond motifs is 1. The molecule has 106 valence electrons. The Morgan fingerprint density at radius 1 is 1.19 bits per heavy atom. The minimum absolute atomic E-state index is 0.134. The van der Waals surface area contributed by atoms with Crippen LogP contribution in [0.3, 0.4) is 0 Å². The zero-order valence-corrected chi connectivity index (χ0v) is 11.3. The Morgan fingerprint density at radius 2 is 1.95 bits per heavy atom. The predicted octanol–water partition coefficient (Wildman–Crippen LogP) is 1.84. The number of benzene rings is 1. The highest BCUT2D eigenvalue weighted by Crippen LogP contribution is 2.36. The zero-order valence-electron chi connectivity index (χ0n) is 11.3. The summed E-state index contributed by atoms with van der Waals surface area (Å²) in [5.74, 6) is -1.70. The summed E-state index contributed by atoms with van der Waals surface area (Å²) >= 11 is 0. The van der Waals surface area contributed by atoms with Gasteiger partial charge in [-0.1, -0.05) is 24.3 Å². The highest BCUT2D eigenvalue weighted by molar-refractivity contribution is 5.99. The van der Waals surface area contributed by atoms with E-state index < -0.39 is 11.9 Å². The number of rotatable bonds is 3. The molecule has 0 fully saturated rings. The van der Waals surface area contributed by atoms with Crippen LogP contribution in [0.25, 0.3) is 0 Å². The molecule has 2 heterocycles. The van der Waals surface area contributed by atoms with E-state index in [0.717, 1.165) is 0 Å². The molecule has 1 aromatic carbocycles. The molecule has 1 aliphatic rings. The van der Waals surface area contributed by atoms with Crippen molar-refractivity contribution in [2.45, 2.75) is 12.3 Å². The lowest BCUT2D eigenvalue weighted by Crippen LogP contribution is -2.32. The van der Waals surface area contributed by atoms with Gasteiger partial charge < -0.3 is 10.0 Å². The minimum atomic E-state index is -0.907. The van der Waals surface area contributed by atoms with E-state index in [1.807, 2.05) is 12.1 Å². The Kier molecular flexibility index (Phi) is 3.39. The first-order chi connectivity index (χ1) is 10.2. The van der Waals surface area contributed by atoms with E-state index in [1.54, 1.807) is 41.4 Å². The van der Waals surface area contributed by atoms with Crippen LogP contribution in [0.1, 0.15) is 17.2 Å².